The number of ether oxygens (including phenoxy) is 1. The zero-order chi connectivity index (χ0) is 14.5. The first-order valence-corrected chi connectivity index (χ1v) is 6.12. The first-order chi connectivity index (χ1) is 9.58. The molecular formula is C13H15F2N3O2. The van der Waals surface area contributed by atoms with Crippen molar-refractivity contribution in [2.45, 2.75) is 19.8 Å². The summed E-state index contributed by atoms with van der Waals surface area (Å²) in [4.78, 5) is 4.17. The Labute approximate surface area is 114 Å². The van der Waals surface area contributed by atoms with Crippen LogP contribution in [0.3, 0.4) is 0 Å². The summed E-state index contributed by atoms with van der Waals surface area (Å²) >= 11 is 0. The van der Waals surface area contributed by atoms with Crippen molar-refractivity contribution in [3.8, 4) is 11.5 Å². The highest BCUT2D eigenvalue weighted by Crippen LogP contribution is 2.26. The van der Waals surface area contributed by atoms with Crippen molar-refractivity contribution in [2.24, 2.45) is 0 Å². The molecule has 0 saturated carbocycles. The quantitative estimate of drug-likeness (QED) is 0.651. The maximum Gasteiger partial charge on any atom is 0.261 e. The minimum absolute atomic E-state index is 0.118. The van der Waals surface area contributed by atoms with Gasteiger partial charge in [0.1, 0.15) is 6.61 Å². The zero-order valence-electron chi connectivity index (χ0n) is 11.0. The van der Waals surface area contributed by atoms with Crippen molar-refractivity contribution in [2.75, 3.05) is 18.9 Å². The highest BCUT2D eigenvalue weighted by atomic mass is 19.3. The maximum atomic E-state index is 11.9. The minimum Gasteiger partial charge on any atom is -0.398 e. The van der Waals surface area contributed by atoms with Crippen LogP contribution < -0.4 is 5.73 Å². The van der Waals surface area contributed by atoms with Crippen LogP contribution in [-0.2, 0) is 11.2 Å². The van der Waals surface area contributed by atoms with Crippen molar-refractivity contribution < 1.29 is 18.0 Å². The molecule has 2 N–H and O–H groups in total. The van der Waals surface area contributed by atoms with E-state index in [2.05, 4.69) is 10.1 Å². The Kier molecular flexibility index (Phi) is 4.62. The van der Waals surface area contributed by atoms with Gasteiger partial charge in [0.15, 0.2) is 5.82 Å². The second-order valence-corrected chi connectivity index (χ2v) is 4.27. The van der Waals surface area contributed by atoms with Gasteiger partial charge in [0, 0.05) is 12.1 Å². The largest absolute Gasteiger partial charge is 0.398 e. The van der Waals surface area contributed by atoms with Crippen LogP contribution in [0.15, 0.2) is 22.7 Å². The Morgan fingerprint density at radius 3 is 2.95 bits per heavy atom. The molecule has 0 unspecified atom stereocenters. The molecule has 2 aromatic rings. The third-order valence-electron chi connectivity index (χ3n) is 2.74. The van der Waals surface area contributed by atoms with Crippen LogP contribution in [0.5, 0.6) is 0 Å². The Hall–Kier alpha value is -2.02. The van der Waals surface area contributed by atoms with Crippen LogP contribution >= 0.6 is 0 Å². The summed E-state index contributed by atoms with van der Waals surface area (Å²) < 4.78 is 33.6. The molecule has 0 radical (unpaired) electrons. The molecular weight excluding hydrogens is 268 g/mol. The van der Waals surface area contributed by atoms with Gasteiger partial charge in [-0.15, -0.1) is 0 Å². The lowest BCUT2D eigenvalue weighted by molar-refractivity contribution is 0.0182. The number of halogens is 2. The van der Waals surface area contributed by atoms with Crippen molar-refractivity contribution in [3.05, 3.63) is 29.6 Å². The van der Waals surface area contributed by atoms with Gasteiger partial charge in [-0.25, -0.2) is 8.78 Å². The molecule has 0 fully saturated rings. The van der Waals surface area contributed by atoms with Crippen LogP contribution in [0.25, 0.3) is 11.5 Å². The first kappa shape index (κ1) is 14.4. The van der Waals surface area contributed by atoms with E-state index in [0.717, 1.165) is 5.56 Å². The molecule has 7 heteroatoms. The number of nitrogens with zero attached hydrogens (tertiary/aromatic N) is 2. The number of para-hydroxylation sites is 1. The predicted molar refractivity (Wildman–Crippen MR) is 69.4 cm³/mol. The fourth-order valence-corrected chi connectivity index (χ4v) is 1.67. The molecule has 0 saturated heterocycles. The molecule has 0 aliphatic carbocycles. The molecule has 0 atom stereocenters. The summed E-state index contributed by atoms with van der Waals surface area (Å²) in [6, 6.07) is 5.51. The van der Waals surface area contributed by atoms with E-state index in [1.54, 1.807) is 6.07 Å². The van der Waals surface area contributed by atoms with Crippen LogP contribution in [0, 0.1) is 6.92 Å². The number of alkyl halides is 2. The van der Waals surface area contributed by atoms with Gasteiger partial charge in [-0.05, 0) is 18.6 Å². The molecule has 20 heavy (non-hydrogen) atoms. The number of benzene rings is 1. The molecule has 0 bridgehead atoms. The fourth-order valence-electron chi connectivity index (χ4n) is 1.67. The molecule has 0 spiro atoms. The topological polar surface area (TPSA) is 74.2 Å². The van der Waals surface area contributed by atoms with Crippen LogP contribution in [-0.4, -0.2) is 29.8 Å². The average molecular weight is 283 g/mol. The van der Waals surface area contributed by atoms with Gasteiger partial charge in [0.2, 0.25) is 0 Å². The molecule has 0 aliphatic heterocycles. The number of anilines is 1. The van der Waals surface area contributed by atoms with E-state index in [-0.39, 0.29) is 6.61 Å². The van der Waals surface area contributed by atoms with Crippen molar-refractivity contribution in [1.29, 1.82) is 0 Å². The van der Waals surface area contributed by atoms with Gasteiger partial charge in [-0.1, -0.05) is 17.3 Å². The molecule has 1 heterocycles. The average Bonchev–Trinajstić information content (AvgIpc) is 2.86. The Morgan fingerprint density at radius 1 is 1.40 bits per heavy atom. The van der Waals surface area contributed by atoms with Gasteiger partial charge >= 0.3 is 0 Å². The number of rotatable bonds is 6. The van der Waals surface area contributed by atoms with Gasteiger partial charge in [-0.3, -0.25) is 0 Å². The third-order valence-corrected chi connectivity index (χ3v) is 2.74. The highest BCUT2D eigenvalue weighted by Gasteiger charge is 2.12. The van der Waals surface area contributed by atoms with Crippen molar-refractivity contribution in [3.63, 3.8) is 0 Å². The number of hydrogen-bond donors (Lipinski definition) is 1. The smallest absolute Gasteiger partial charge is 0.261 e. The number of aromatic nitrogens is 2. The predicted octanol–water partition coefficient (Wildman–Crippen LogP) is 2.45. The Bertz CT molecular complexity index is 572. The molecule has 0 amide bonds. The summed E-state index contributed by atoms with van der Waals surface area (Å²) in [7, 11) is 0. The van der Waals surface area contributed by atoms with Gasteiger partial charge in [0.05, 0.1) is 12.2 Å². The molecule has 1 aromatic carbocycles. The fraction of sp³-hybridized carbons (Fsp3) is 0.385. The van der Waals surface area contributed by atoms with E-state index in [9.17, 15) is 8.78 Å². The van der Waals surface area contributed by atoms with Gasteiger partial charge in [0.25, 0.3) is 12.3 Å². The number of nitrogens with two attached hydrogens (primary N) is 1. The Morgan fingerprint density at radius 2 is 2.20 bits per heavy atom. The molecule has 5 nitrogen and oxygen atoms in total. The summed E-state index contributed by atoms with van der Waals surface area (Å²) in [6.45, 7) is 1.41. The van der Waals surface area contributed by atoms with E-state index in [0.29, 0.717) is 29.4 Å². The normalized spacial score (nSPS) is 11.2. The van der Waals surface area contributed by atoms with E-state index in [1.165, 1.54) is 0 Å². The second-order valence-electron chi connectivity index (χ2n) is 4.27. The van der Waals surface area contributed by atoms with E-state index in [1.807, 2.05) is 19.1 Å². The summed E-state index contributed by atoms with van der Waals surface area (Å²) in [5.74, 6) is 0.713. The summed E-state index contributed by atoms with van der Waals surface area (Å²) in [6.07, 6.45) is -2.16. The van der Waals surface area contributed by atoms with Crippen molar-refractivity contribution in [1.82, 2.24) is 10.1 Å². The highest BCUT2D eigenvalue weighted by molar-refractivity contribution is 5.72. The molecule has 1 aromatic heterocycles. The van der Waals surface area contributed by atoms with E-state index in [4.69, 9.17) is 15.0 Å². The Balaban J connectivity index is 2.00. The number of nitrogen functional groups attached to an aromatic ring is 1. The lowest BCUT2D eigenvalue weighted by Crippen LogP contribution is -2.07. The SMILES string of the molecule is Cc1cccc(-c2nc(CCOCC(F)F)no2)c1N. The standard InChI is InChI=1S/C13H15F2N3O2/c1-8-3-2-4-9(12(8)16)13-17-11(18-20-13)5-6-19-7-10(14)15/h2-4,10H,5-7,16H2,1H3. The second kappa shape index (κ2) is 6.42. The van der Waals surface area contributed by atoms with Crippen LogP contribution in [0.1, 0.15) is 11.4 Å². The number of aryl methyl sites for hydroxylation is 1. The maximum absolute atomic E-state index is 11.9. The first-order valence-electron chi connectivity index (χ1n) is 6.12. The van der Waals surface area contributed by atoms with Crippen LogP contribution in [0.4, 0.5) is 14.5 Å². The van der Waals surface area contributed by atoms with Crippen LogP contribution in [0.2, 0.25) is 0 Å². The summed E-state index contributed by atoms with van der Waals surface area (Å²) in [5.41, 5.74) is 8.11. The van der Waals surface area contributed by atoms with E-state index >= 15 is 0 Å². The van der Waals surface area contributed by atoms with Crippen molar-refractivity contribution >= 4 is 5.69 Å². The lowest BCUT2D eigenvalue weighted by Gasteiger charge is -2.03. The molecule has 108 valence electrons. The molecule has 2 rings (SSSR count). The van der Waals surface area contributed by atoms with Gasteiger partial charge in [-0.2, -0.15) is 4.98 Å². The number of hydrogen-bond acceptors (Lipinski definition) is 5. The monoisotopic (exact) mass is 283 g/mol. The molecule has 0 aliphatic rings. The van der Waals surface area contributed by atoms with Gasteiger partial charge < -0.3 is 15.0 Å². The minimum atomic E-state index is -2.47. The van der Waals surface area contributed by atoms with E-state index < -0.39 is 13.0 Å². The summed E-state index contributed by atoms with van der Waals surface area (Å²) in [5, 5.41) is 3.77. The third kappa shape index (κ3) is 3.51. The zero-order valence-corrected chi connectivity index (χ0v) is 11.0. The lowest BCUT2D eigenvalue weighted by atomic mass is 10.1.